The Morgan fingerprint density at radius 1 is 1.24 bits per heavy atom. The zero-order chi connectivity index (χ0) is 18.5. The molecule has 0 aliphatic heterocycles. The van der Waals surface area contributed by atoms with Gasteiger partial charge in [0, 0.05) is 40.0 Å². The Kier molecular flexibility index (Phi) is 11.1. The Balaban J connectivity index is 2.61. The molecule has 1 unspecified atom stereocenters. The third-order valence-corrected chi connectivity index (χ3v) is 5.32. The van der Waals surface area contributed by atoms with Crippen LogP contribution in [0.15, 0.2) is 4.99 Å². The summed E-state index contributed by atoms with van der Waals surface area (Å²) in [5.41, 5.74) is 0.320. The van der Waals surface area contributed by atoms with Gasteiger partial charge in [0.05, 0.1) is 0 Å². The Bertz CT molecular complexity index is 366. The van der Waals surface area contributed by atoms with Crippen LogP contribution in [0.25, 0.3) is 0 Å². The number of aliphatic hydroxyl groups is 1. The third-order valence-electron chi connectivity index (χ3n) is 5.32. The summed E-state index contributed by atoms with van der Waals surface area (Å²) in [5.74, 6) is 2.05. The standard InChI is InChI=1S/C20H41N3O2/c1-5-21-19(22-15-18(8-12-24)14-17(2)3)23-16-20(11-13-25-4)9-6-7-10-20/h17-18,24H,5-16H2,1-4H3,(H2,21,22,23). The molecule has 1 saturated carbocycles. The second kappa shape index (κ2) is 12.5. The predicted molar refractivity (Wildman–Crippen MR) is 106 cm³/mol. The molecular weight excluding hydrogens is 314 g/mol. The van der Waals surface area contributed by atoms with Crippen molar-refractivity contribution in [2.24, 2.45) is 22.2 Å². The van der Waals surface area contributed by atoms with E-state index in [-0.39, 0.29) is 6.61 Å². The molecular formula is C20H41N3O2. The first-order valence-electron chi connectivity index (χ1n) is 10.2. The van der Waals surface area contributed by atoms with Crippen molar-refractivity contribution in [1.82, 2.24) is 10.6 Å². The van der Waals surface area contributed by atoms with Gasteiger partial charge in [0.25, 0.3) is 0 Å². The first-order valence-corrected chi connectivity index (χ1v) is 10.2. The molecule has 1 aliphatic carbocycles. The lowest BCUT2D eigenvalue weighted by molar-refractivity contribution is 0.141. The van der Waals surface area contributed by atoms with E-state index in [2.05, 4.69) is 31.4 Å². The van der Waals surface area contributed by atoms with Gasteiger partial charge in [-0.3, -0.25) is 4.99 Å². The highest BCUT2D eigenvalue weighted by Crippen LogP contribution is 2.41. The molecule has 148 valence electrons. The molecule has 25 heavy (non-hydrogen) atoms. The fourth-order valence-corrected chi connectivity index (χ4v) is 3.91. The van der Waals surface area contributed by atoms with E-state index in [1.807, 2.05) is 0 Å². The van der Waals surface area contributed by atoms with Gasteiger partial charge in [-0.2, -0.15) is 0 Å². The van der Waals surface area contributed by atoms with E-state index >= 15 is 0 Å². The summed E-state index contributed by atoms with van der Waals surface area (Å²) in [6.07, 6.45) is 8.24. The SMILES string of the molecule is CCNC(=NCC1(CCOC)CCCC1)NCC(CCO)CC(C)C. The molecule has 0 aromatic heterocycles. The summed E-state index contributed by atoms with van der Waals surface area (Å²) in [4.78, 5) is 4.91. The van der Waals surface area contributed by atoms with E-state index in [0.29, 0.717) is 17.3 Å². The van der Waals surface area contributed by atoms with E-state index < -0.39 is 0 Å². The lowest BCUT2D eigenvalue weighted by atomic mass is 9.83. The van der Waals surface area contributed by atoms with Gasteiger partial charge in [0.1, 0.15) is 0 Å². The Labute approximate surface area is 155 Å². The maximum atomic E-state index is 9.30. The summed E-state index contributed by atoms with van der Waals surface area (Å²) >= 11 is 0. The van der Waals surface area contributed by atoms with E-state index in [4.69, 9.17) is 9.73 Å². The van der Waals surface area contributed by atoms with Crippen LogP contribution in [0.1, 0.15) is 65.7 Å². The number of hydrogen-bond donors (Lipinski definition) is 3. The molecule has 1 rings (SSSR count). The monoisotopic (exact) mass is 355 g/mol. The molecule has 1 fully saturated rings. The van der Waals surface area contributed by atoms with Crippen molar-refractivity contribution in [1.29, 1.82) is 0 Å². The van der Waals surface area contributed by atoms with Crippen LogP contribution in [0.5, 0.6) is 0 Å². The van der Waals surface area contributed by atoms with Crippen molar-refractivity contribution in [3.8, 4) is 0 Å². The van der Waals surface area contributed by atoms with Crippen LogP contribution >= 0.6 is 0 Å². The van der Waals surface area contributed by atoms with Crippen molar-refractivity contribution in [2.75, 3.05) is 40.0 Å². The molecule has 5 heteroatoms. The van der Waals surface area contributed by atoms with Gasteiger partial charge in [0.15, 0.2) is 5.96 Å². The Morgan fingerprint density at radius 2 is 1.96 bits per heavy atom. The van der Waals surface area contributed by atoms with Crippen molar-refractivity contribution in [3.05, 3.63) is 0 Å². The number of rotatable bonds is 12. The van der Waals surface area contributed by atoms with E-state index in [1.165, 1.54) is 25.7 Å². The maximum absolute atomic E-state index is 9.30. The average Bonchev–Trinajstić information content (AvgIpc) is 3.04. The minimum Gasteiger partial charge on any atom is -0.396 e. The van der Waals surface area contributed by atoms with Crippen molar-refractivity contribution in [2.45, 2.75) is 65.7 Å². The maximum Gasteiger partial charge on any atom is 0.191 e. The lowest BCUT2D eigenvalue weighted by Crippen LogP contribution is -2.41. The lowest BCUT2D eigenvalue weighted by Gasteiger charge is -2.27. The highest BCUT2D eigenvalue weighted by Gasteiger charge is 2.33. The topological polar surface area (TPSA) is 65.9 Å². The number of ether oxygens (including phenoxy) is 1. The summed E-state index contributed by atoms with van der Waals surface area (Å²) < 4.78 is 5.32. The summed E-state index contributed by atoms with van der Waals surface area (Å²) in [6.45, 7) is 10.3. The van der Waals surface area contributed by atoms with Gasteiger partial charge in [-0.1, -0.05) is 26.7 Å². The number of hydrogen-bond acceptors (Lipinski definition) is 3. The first-order chi connectivity index (χ1) is 12.0. The summed E-state index contributed by atoms with van der Waals surface area (Å²) in [5, 5.41) is 16.2. The van der Waals surface area contributed by atoms with Gasteiger partial charge in [0.2, 0.25) is 0 Å². The van der Waals surface area contributed by atoms with Crippen LogP contribution in [0.3, 0.4) is 0 Å². The molecule has 0 amide bonds. The summed E-state index contributed by atoms with van der Waals surface area (Å²) in [7, 11) is 1.79. The molecule has 0 radical (unpaired) electrons. The second-order valence-corrected chi connectivity index (χ2v) is 8.03. The van der Waals surface area contributed by atoms with E-state index in [1.54, 1.807) is 7.11 Å². The molecule has 0 saturated heterocycles. The van der Waals surface area contributed by atoms with Gasteiger partial charge in [-0.15, -0.1) is 0 Å². The van der Waals surface area contributed by atoms with Crippen LogP contribution in [0, 0.1) is 17.3 Å². The number of guanidine groups is 1. The molecule has 0 aromatic carbocycles. The molecule has 1 atom stereocenters. The molecule has 0 bridgehead atoms. The summed E-state index contributed by atoms with van der Waals surface area (Å²) in [6, 6.07) is 0. The largest absolute Gasteiger partial charge is 0.396 e. The van der Waals surface area contributed by atoms with Gasteiger partial charge < -0.3 is 20.5 Å². The fraction of sp³-hybridized carbons (Fsp3) is 0.950. The number of nitrogens with one attached hydrogen (secondary N) is 2. The smallest absolute Gasteiger partial charge is 0.191 e. The van der Waals surface area contributed by atoms with Crippen molar-refractivity contribution in [3.63, 3.8) is 0 Å². The van der Waals surface area contributed by atoms with E-state index in [0.717, 1.165) is 51.5 Å². The van der Waals surface area contributed by atoms with Crippen LogP contribution in [-0.2, 0) is 4.74 Å². The highest BCUT2D eigenvalue weighted by molar-refractivity contribution is 5.79. The molecule has 5 nitrogen and oxygen atoms in total. The quantitative estimate of drug-likeness (QED) is 0.372. The number of nitrogens with zero attached hydrogens (tertiary/aromatic N) is 1. The molecule has 1 aliphatic rings. The van der Waals surface area contributed by atoms with Crippen molar-refractivity contribution < 1.29 is 9.84 Å². The number of aliphatic hydroxyl groups excluding tert-OH is 1. The highest BCUT2D eigenvalue weighted by atomic mass is 16.5. The second-order valence-electron chi connectivity index (χ2n) is 8.03. The van der Waals surface area contributed by atoms with Gasteiger partial charge >= 0.3 is 0 Å². The van der Waals surface area contributed by atoms with Gasteiger partial charge in [-0.05, 0) is 56.3 Å². The van der Waals surface area contributed by atoms with Crippen molar-refractivity contribution >= 4 is 5.96 Å². The number of aliphatic imine (C=N–C) groups is 1. The minimum atomic E-state index is 0.257. The average molecular weight is 356 g/mol. The van der Waals surface area contributed by atoms with E-state index in [9.17, 15) is 5.11 Å². The first kappa shape index (κ1) is 22.2. The van der Waals surface area contributed by atoms with Gasteiger partial charge in [-0.25, -0.2) is 0 Å². The Morgan fingerprint density at radius 3 is 2.52 bits per heavy atom. The zero-order valence-electron chi connectivity index (χ0n) is 16.9. The van der Waals surface area contributed by atoms with Crippen LogP contribution < -0.4 is 10.6 Å². The fourth-order valence-electron chi connectivity index (χ4n) is 3.91. The Hall–Kier alpha value is -0.810. The molecule has 0 aromatic rings. The minimum absolute atomic E-state index is 0.257. The molecule has 3 N–H and O–H groups in total. The molecule has 0 heterocycles. The van der Waals surface area contributed by atoms with Crippen LogP contribution in [0.4, 0.5) is 0 Å². The normalized spacial score (nSPS) is 18.6. The van der Waals surface area contributed by atoms with Crippen LogP contribution in [-0.4, -0.2) is 51.0 Å². The van der Waals surface area contributed by atoms with Crippen LogP contribution in [0.2, 0.25) is 0 Å². The predicted octanol–water partition coefficient (Wildman–Crippen LogP) is 3.18. The molecule has 0 spiro atoms. The number of methoxy groups -OCH3 is 1. The zero-order valence-corrected chi connectivity index (χ0v) is 16.9. The third kappa shape index (κ3) is 8.91.